The molecule has 0 aliphatic heterocycles. The summed E-state index contributed by atoms with van der Waals surface area (Å²) in [6.07, 6.45) is -4.27. The van der Waals surface area contributed by atoms with E-state index in [0.29, 0.717) is 0 Å². The Morgan fingerprint density at radius 2 is 1.58 bits per heavy atom. The summed E-state index contributed by atoms with van der Waals surface area (Å²) in [5.41, 5.74) is 0.210. The van der Waals surface area contributed by atoms with Gasteiger partial charge in [-0.25, -0.2) is 0 Å². The summed E-state index contributed by atoms with van der Waals surface area (Å²) in [6, 6.07) is 5.23. The fraction of sp³-hybridized carbons (Fsp3) is 0.571. The number of hydrogen-bond donors (Lipinski definition) is 1. The van der Waals surface area contributed by atoms with Crippen molar-refractivity contribution in [2.24, 2.45) is 0 Å². The van der Waals surface area contributed by atoms with Crippen molar-refractivity contribution in [3.63, 3.8) is 0 Å². The number of hydrogen-bond acceptors (Lipinski definition) is 2. The van der Waals surface area contributed by atoms with Crippen LogP contribution in [-0.2, 0) is 6.18 Å². The summed E-state index contributed by atoms with van der Waals surface area (Å²) >= 11 is 0. The highest BCUT2D eigenvalue weighted by Gasteiger charge is 2.30. The molecule has 0 aliphatic carbocycles. The number of halogens is 3. The Bertz CT molecular complexity index is 391. The van der Waals surface area contributed by atoms with Gasteiger partial charge in [-0.2, -0.15) is 13.2 Å². The van der Waals surface area contributed by atoms with Gasteiger partial charge in [-0.05, 0) is 45.0 Å². The van der Waals surface area contributed by atoms with Crippen molar-refractivity contribution >= 4 is 5.69 Å². The average molecular weight is 274 g/mol. The molecule has 1 aromatic carbocycles. The lowest BCUT2D eigenvalue weighted by Crippen LogP contribution is -2.40. The Hall–Kier alpha value is -1.23. The van der Waals surface area contributed by atoms with Crippen molar-refractivity contribution in [3.8, 4) is 0 Å². The highest BCUT2D eigenvalue weighted by molar-refractivity contribution is 5.47. The molecule has 0 atom stereocenters. The van der Waals surface area contributed by atoms with Gasteiger partial charge in [-0.3, -0.25) is 0 Å². The minimum Gasteiger partial charge on any atom is -0.373 e. The van der Waals surface area contributed by atoms with Gasteiger partial charge < -0.3 is 10.2 Å². The third-order valence-corrected chi connectivity index (χ3v) is 2.74. The maximum Gasteiger partial charge on any atom is 0.416 e. The molecular formula is C14H21F3N2. The molecule has 0 spiro atoms. The normalized spacial score (nSPS) is 12.6. The number of likely N-dealkylation sites (N-methyl/N-ethyl adjacent to an activating group) is 1. The number of nitrogens with one attached hydrogen (secondary N) is 1. The monoisotopic (exact) mass is 274 g/mol. The zero-order valence-electron chi connectivity index (χ0n) is 11.8. The van der Waals surface area contributed by atoms with Crippen LogP contribution in [0.1, 0.15) is 26.3 Å². The van der Waals surface area contributed by atoms with Crippen LogP contribution in [0.5, 0.6) is 0 Å². The topological polar surface area (TPSA) is 15.3 Å². The number of benzene rings is 1. The van der Waals surface area contributed by atoms with E-state index in [1.54, 1.807) is 0 Å². The van der Waals surface area contributed by atoms with Crippen LogP contribution >= 0.6 is 0 Å². The van der Waals surface area contributed by atoms with Crippen LogP contribution in [0.2, 0.25) is 0 Å². The van der Waals surface area contributed by atoms with Crippen LogP contribution in [0.3, 0.4) is 0 Å². The first kappa shape index (κ1) is 15.8. The van der Waals surface area contributed by atoms with E-state index < -0.39 is 11.7 Å². The van der Waals surface area contributed by atoms with E-state index in [1.807, 2.05) is 11.9 Å². The van der Waals surface area contributed by atoms with E-state index in [4.69, 9.17) is 0 Å². The largest absolute Gasteiger partial charge is 0.416 e. The van der Waals surface area contributed by atoms with E-state index in [1.165, 1.54) is 12.1 Å². The molecule has 0 unspecified atom stereocenters. The van der Waals surface area contributed by atoms with Crippen LogP contribution in [0, 0.1) is 0 Å². The summed E-state index contributed by atoms with van der Waals surface area (Å²) in [4.78, 5) is 1.93. The average Bonchev–Trinajstić information content (AvgIpc) is 2.26. The van der Waals surface area contributed by atoms with Crippen molar-refractivity contribution in [1.29, 1.82) is 0 Å². The smallest absolute Gasteiger partial charge is 0.373 e. The van der Waals surface area contributed by atoms with Gasteiger partial charge in [0.2, 0.25) is 0 Å². The second-order valence-electron chi connectivity index (χ2n) is 5.64. The van der Waals surface area contributed by atoms with E-state index in [9.17, 15) is 13.2 Å². The predicted molar refractivity (Wildman–Crippen MR) is 72.5 cm³/mol. The number of alkyl halides is 3. The van der Waals surface area contributed by atoms with Crippen molar-refractivity contribution in [2.75, 3.05) is 25.0 Å². The zero-order valence-corrected chi connectivity index (χ0v) is 11.8. The molecule has 2 nitrogen and oxygen atoms in total. The molecule has 0 aliphatic rings. The Balaban J connectivity index is 2.56. The summed E-state index contributed by atoms with van der Waals surface area (Å²) in [7, 11) is 1.87. The van der Waals surface area contributed by atoms with E-state index in [-0.39, 0.29) is 5.54 Å². The van der Waals surface area contributed by atoms with Gasteiger partial charge >= 0.3 is 6.18 Å². The van der Waals surface area contributed by atoms with Gasteiger partial charge in [0.05, 0.1) is 5.56 Å². The predicted octanol–water partition coefficient (Wildman–Crippen LogP) is 3.53. The van der Waals surface area contributed by atoms with Crippen molar-refractivity contribution in [2.45, 2.75) is 32.5 Å². The van der Waals surface area contributed by atoms with Crippen LogP contribution in [0.15, 0.2) is 24.3 Å². The maximum absolute atomic E-state index is 12.4. The lowest BCUT2D eigenvalue weighted by Gasteiger charge is -2.25. The maximum atomic E-state index is 12.4. The van der Waals surface area contributed by atoms with E-state index >= 15 is 0 Å². The molecule has 1 N–H and O–H groups in total. The molecular weight excluding hydrogens is 253 g/mol. The molecule has 0 heterocycles. The molecule has 1 aromatic rings. The standard InChI is InChI=1S/C14H21F3N2/c1-13(2,3)18-9-10-19(4)12-7-5-11(6-8-12)14(15,16)17/h5-8,18H,9-10H2,1-4H3. The highest BCUT2D eigenvalue weighted by atomic mass is 19.4. The van der Waals surface area contributed by atoms with Gasteiger partial charge in [0, 0.05) is 31.4 Å². The Kier molecular flexibility index (Phi) is 4.85. The molecule has 0 radical (unpaired) electrons. The lowest BCUT2D eigenvalue weighted by molar-refractivity contribution is -0.137. The van der Waals surface area contributed by atoms with Crippen LogP contribution < -0.4 is 10.2 Å². The third kappa shape index (κ3) is 5.51. The second kappa shape index (κ2) is 5.82. The molecule has 0 saturated heterocycles. The fourth-order valence-electron chi connectivity index (χ4n) is 1.63. The van der Waals surface area contributed by atoms with Gasteiger partial charge in [-0.15, -0.1) is 0 Å². The fourth-order valence-corrected chi connectivity index (χ4v) is 1.63. The van der Waals surface area contributed by atoms with Crippen molar-refractivity contribution < 1.29 is 13.2 Å². The first-order chi connectivity index (χ1) is 8.59. The number of anilines is 1. The number of nitrogens with zero attached hydrogens (tertiary/aromatic N) is 1. The molecule has 0 aromatic heterocycles. The summed E-state index contributed by atoms with van der Waals surface area (Å²) in [5.74, 6) is 0. The first-order valence-corrected chi connectivity index (χ1v) is 6.23. The molecule has 5 heteroatoms. The molecule has 0 amide bonds. The molecule has 108 valence electrons. The van der Waals surface area contributed by atoms with E-state index in [0.717, 1.165) is 30.9 Å². The van der Waals surface area contributed by atoms with Crippen LogP contribution in [-0.4, -0.2) is 25.7 Å². The summed E-state index contributed by atoms with van der Waals surface area (Å²) in [5, 5.41) is 3.34. The first-order valence-electron chi connectivity index (χ1n) is 6.23. The van der Waals surface area contributed by atoms with E-state index in [2.05, 4.69) is 26.1 Å². The Labute approximate surface area is 112 Å². The minimum atomic E-state index is -4.27. The highest BCUT2D eigenvalue weighted by Crippen LogP contribution is 2.30. The third-order valence-electron chi connectivity index (χ3n) is 2.74. The van der Waals surface area contributed by atoms with Crippen LogP contribution in [0.4, 0.5) is 18.9 Å². The quantitative estimate of drug-likeness (QED) is 0.903. The number of rotatable bonds is 4. The summed E-state index contributed by atoms with van der Waals surface area (Å²) in [6.45, 7) is 7.74. The minimum absolute atomic E-state index is 0.0426. The molecule has 0 bridgehead atoms. The van der Waals surface area contributed by atoms with Gasteiger partial charge in [0.25, 0.3) is 0 Å². The van der Waals surface area contributed by atoms with Gasteiger partial charge in [0.15, 0.2) is 0 Å². The summed E-state index contributed by atoms with van der Waals surface area (Å²) < 4.78 is 37.3. The van der Waals surface area contributed by atoms with Crippen LogP contribution in [0.25, 0.3) is 0 Å². The SMILES string of the molecule is CN(CCNC(C)(C)C)c1ccc(C(F)(F)F)cc1. The Morgan fingerprint density at radius 3 is 2.00 bits per heavy atom. The molecule has 19 heavy (non-hydrogen) atoms. The molecule has 0 saturated carbocycles. The van der Waals surface area contributed by atoms with Gasteiger partial charge in [-0.1, -0.05) is 0 Å². The lowest BCUT2D eigenvalue weighted by atomic mass is 10.1. The van der Waals surface area contributed by atoms with Gasteiger partial charge in [0.1, 0.15) is 0 Å². The zero-order chi connectivity index (χ0) is 14.7. The Morgan fingerprint density at radius 1 is 1.05 bits per heavy atom. The molecule has 0 fully saturated rings. The van der Waals surface area contributed by atoms with Crippen molar-refractivity contribution in [1.82, 2.24) is 5.32 Å². The van der Waals surface area contributed by atoms with Crippen molar-refractivity contribution in [3.05, 3.63) is 29.8 Å². The second-order valence-corrected chi connectivity index (χ2v) is 5.64. The molecule has 1 rings (SSSR count).